The maximum atomic E-state index is 4.83. The Bertz CT molecular complexity index is 609. The van der Waals surface area contributed by atoms with Crippen molar-refractivity contribution in [3.8, 4) is 10.6 Å². The van der Waals surface area contributed by atoms with Crippen molar-refractivity contribution < 1.29 is 0 Å². The second kappa shape index (κ2) is 5.52. The Morgan fingerprint density at radius 2 is 1.85 bits per heavy atom. The molecule has 1 N–H and O–H groups in total. The highest BCUT2D eigenvalue weighted by molar-refractivity contribution is 7.15. The number of nitrogens with one attached hydrogen (secondary N) is 1. The lowest BCUT2D eigenvalue weighted by molar-refractivity contribution is 0.546. The van der Waals surface area contributed by atoms with Gasteiger partial charge in [-0.05, 0) is 32.9 Å². The Kier molecular flexibility index (Phi) is 4.14. The average Bonchev–Trinajstić information content (AvgIpc) is 2.77. The normalized spacial score (nSPS) is 11.7. The lowest BCUT2D eigenvalue weighted by Gasteiger charge is -2.20. The van der Waals surface area contributed by atoms with Gasteiger partial charge in [-0.1, -0.05) is 20.8 Å². The first-order chi connectivity index (χ1) is 9.32. The molecule has 0 spiro atoms. The van der Waals surface area contributed by atoms with E-state index < -0.39 is 0 Å². The summed E-state index contributed by atoms with van der Waals surface area (Å²) in [6.07, 6.45) is 0. The summed E-state index contributed by atoms with van der Waals surface area (Å²) in [5.41, 5.74) is 2.12. The van der Waals surface area contributed by atoms with Crippen molar-refractivity contribution >= 4 is 17.2 Å². The average molecular weight is 289 g/mol. The van der Waals surface area contributed by atoms with Crippen LogP contribution in [0.2, 0.25) is 0 Å². The molecule has 0 aliphatic carbocycles. The number of rotatable bonds is 3. The van der Waals surface area contributed by atoms with Gasteiger partial charge >= 0.3 is 0 Å². The van der Waals surface area contributed by atoms with Crippen LogP contribution in [0.4, 0.5) is 5.82 Å². The van der Waals surface area contributed by atoms with E-state index in [0.29, 0.717) is 0 Å². The zero-order valence-corrected chi connectivity index (χ0v) is 14.0. The van der Waals surface area contributed by atoms with Gasteiger partial charge in [0, 0.05) is 22.4 Å². The molecule has 20 heavy (non-hydrogen) atoms. The Morgan fingerprint density at radius 1 is 1.15 bits per heavy atom. The van der Waals surface area contributed by atoms with Crippen LogP contribution in [0, 0.1) is 13.8 Å². The monoisotopic (exact) mass is 289 g/mol. The van der Waals surface area contributed by atoms with Crippen molar-refractivity contribution in [1.29, 1.82) is 0 Å². The third-order valence-corrected chi connectivity index (χ3v) is 4.14. The van der Waals surface area contributed by atoms with Gasteiger partial charge in [-0.3, -0.25) is 0 Å². The molecule has 0 amide bonds. The molecule has 4 heteroatoms. The lowest BCUT2D eigenvalue weighted by atomic mass is 9.95. The molecule has 0 aliphatic heterocycles. The minimum atomic E-state index is -0.0566. The van der Waals surface area contributed by atoms with Crippen LogP contribution in [0.15, 0.2) is 12.1 Å². The summed E-state index contributed by atoms with van der Waals surface area (Å²) in [4.78, 5) is 12.1. The van der Waals surface area contributed by atoms with Crippen molar-refractivity contribution in [2.75, 3.05) is 11.9 Å². The second-order valence-electron chi connectivity index (χ2n) is 6.06. The maximum Gasteiger partial charge on any atom is 0.136 e. The number of aryl methyl sites for hydroxylation is 1. The zero-order valence-electron chi connectivity index (χ0n) is 13.2. The summed E-state index contributed by atoms with van der Waals surface area (Å²) in [6, 6.07) is 4.29. The number of hydrogen-bond donors (Lipinski definition) is 1. The van der Waals surface area contributed by atoms with Gasteiger partial charge in [-0.25, -0.2) is 9.97 Å². The summed E-state index contributed by atoms with van der Waals surface area (Å²) in [7, 11) is 0. The van der Waals surface area contributed by atoms with E-state index >= 15 is 0 Å². The Morgan fingerprint density at radius 3 is 2.35 bits per heavy atom. The Labute approximate surface area is 125 Å². The van der Waals surface area contributed by atoms with E-state index in [-0.39, 0.29) is 5.41 Å². The standard InChI is InChI=1S/C16H23N3S/c1-7-17-14-11(3)13(12-9-8-10(2)20-12)18-15(19-14)16(4,5)6/h8-9H,7H2,1-6H3,(H,17,18,19). The van der Waals surface area contributed by atoms with Gasteiger partial charge in [0.1, 0.15) is 11.6 Å². The molecule has 2 rings (SSSR count). The van der Waals surface area contributed by atoms with Crippen molar-refractivity contribution in [2.24, 2.45) is 0 Å². The van der Waals surface area contributed by atoms with Crippen LogP contribution < -0.4 is 5.32 Å². The Hall–Kier alpha value is -1.42. The van der Waals surface area contributed by atoms with E-state index in [1.54, 1.807) is 11.3 Å². The zero-order chi connectivity index (χ0) is 14.9. The minimum Gasteiger partial charge on any atom is -0.370 e. The molecular weight excluding hydrogens is 266 g/mol. The third kappa shape index (κ3) is 3.01. The first-order valence-corrected chi connectivity index (χ1v) is 7.84. The predicted molar refractivity (Wildman–Crippen MR) is 87.7 cm³/mol. The molecule has 0 aromatic carbocycles. The van der Waals surface area contributed by atoms with E-state index in [0.717, 1.165) is 29.4 Å². The molecule has 2 heterocycles. The number of hydrogen-bond acceptors (Lipinski definition) is 4. The fraction of sp³-hybridized carbons (Fsp3) is 0.500. The van der Waals surface area contributed by atoms with E-state index in [4.69, 9.17) is 9.97 Å². The summed E-state index contributed by atoms with van der Waals surface area (Å²) in [6.45, 7) is 13.6. The van der Waals surface area contributed by atoms with Gasteiger partial charge in [0.05, 0.1) is 10.6 Å². The fourth-order valence-electron chi connectivity index (χ4n) is 1.99. The quantitative estimate of drug-likeness (QED) is 0.900. The third-order valence-electron chi connectivity index (χ3n) is 3.13. The SMILES string of the molecule is CCNc1nc(C(C)(C)C)nc(-c2ccc(C)s2)c1C. The predicted octanol–water partition coefficient (Wildman–Crippen LogP) is 4.55. The highest BCUT2D eigenvalue weighted by Crippen LogP contribution is 2.33. The summed E-state index contributed by atoms with van der Waals surface area (Å²) >= 11 is 1.78. The number of aromatic nitrogens is 2. The van der Waals surface area contributed by atoms with Crippen LogP contribution in [0.1, 0.15) is 44.0 Å². The molecule has 0 saturated carbocycles. The molecule has 0 aliphatic rings. The van der Waals surface area contributed by atoms with Crippen LogP contribution in [-0.2, 0) is 5.41 Å². The van der Waals surface area contributed by atoms with Crippen molar-refractivity contribution in [1.82, 2.24) is 9.97 Å². The summed E-state index contributed by atoms with van der Waals surface area (Å²) < 4.78 is 0. The van der Waals surface area contributed by atoms with Gasteiger partial charge in [0.25, 0.3) is 0 Å². The minimum absolute atomic E-state index is 0.0566. The van der Waals surface area contributed by atoms with Crippen molar-refractivity contribution in [3.63, 3.8) is 0 Å². The molecule has 0 fully saturated rings. The van der Waals surface area contributed by atoms with Gasteiger partial charge < -0.3 is 5.32 Å². The van der Waals surface area contributed by atoms with Gasteiger partial charge in [0.2, 0.25) is 0 Å². The Balaban J connectivity index is 2.63. The first-order valence-electron chi connectivity index (χ1n) is 7.02. The maximum absolute atomic E-state index is 4.83. The number of anilines is 1. The molecule has 3 nitrogen and oxygen atoms in total. The van der Waals surface area contributed by atoms with Gasteiger partial charge in [-0.15, -0.1) is 11.3 Å². The molecule has 2 aromatic heterocycles. The van der Waals surface area contributed by atoms with Crippen LogP contribution in [0.3, 0.4) is 0 Å². The van der Waals surface area contributed by atoms with E-state index in [2.05, 4.69) is 59.0 Å². The van der Waals surface area contributed by atoms with Crippen LogP contribution in [-0.4, -0.2) is 16.5 Å². The second-order valence-corrected chi connectivity index (χ2v) is 7.35. The van der Waals surface area contributed by atoms with Crippen LogP contribution >= 0.6 is 11.3 Å². The van der Waals surface area contributed by atoms with Crippen LogP contribution in [0.25, 0.3) is 10.6 Å². The topological polar surface area (TPSA) is 37.8 Å². The summed E-state index contributed by atoms with van der Waals surface area (Å²) in [5.74, 6) is 1.84. The summed E-state index contributed by atoms with van der Waals surface area (Å²) in [5, 5.41) is 3.36. The van der Waals surface area contributed by atoms with Crippen LogP contribution in [0.5, 0.6) is 0 Å². The van der Waals surface area contributed by atoms with E-state index in [1.165, 1.54) is 9.75 Å². The molecule has 0 saturated heterocycles. The smallest absolute Gasteiger partial charge is 0.136 e. The lowest BCUT2D eigenvalue weighted by Crippen LogP contribution is -2.18. The van der Waals surface area contributed by atoms with Gasteiger partial charge in [-0.2, -0.15) is 0 Å². The number of nitrogens with zero attached hydrogens (tertiary/aromatic N) is 2. The highest BCUT2D eigenvalue weighted by atomic mass is 32.1. The molecule has 0 bridgehead atoms. The largest absolute Gasteiger partial charge is 0.370 e. The molecule has 0 atom stereocenters. The van der Waals surface area contributed by atoms with E-state index in [9.17, 15) is 0 Å². The van der Waals surface area contributed by atoms with Gasteiger partial charge in [0.15, 0.2) is 0 Å². The van der Waals surface area contributed by atoms with Crippen molar-refractivity contribution in [2.45, 2.75) is 47.0 Å². The first kappa shape index (κ1) is 15.0. The number of thiophene rings is 1. The molecule has 0 radical (unpaired) electrons. The van der Waals surface area contributed by atoms with E-state index in [1.807, 2.05) is 0 Å². The molecule has 108 valence electrons. The molecule has 2 aromatic rings. The highest BCUT2D eigenvalue weighted by Gasteiger charge is 2.22. The fourth-order valence-corrected chi connectivity index (χ4v) is 2.91. The molecular formula is C16H23N3S. The van der Waals surface area contributed by atoms with Crippen molar-refractivity contribution in [3.05, 3.63) is 28.4 Å². The molecule has 0 unspecified atom stereocenters.